The van der Waals surface area contributed by atoms with Gasteiger partial charge in [-0.15, -0.1) is 11.8 Å². The summed E-state index contributed by atoms with van der Waals surface area (Å²) in [5.41, 5.74) is 5.74. The fourth-order valence-electron chi connectivity index (χ4n) is 4.65. The molecule has 1 heterocycles. The number of thioether (sulfide) groups is 1. The number of nitrogens with zero attached hydrogens (tertiary/aromatic N) is 2. The average molecular weight is 584 g/mol. The number of hydrogen-bond donors (Lipinski definition) is 1. The van der Waals surface area contributed by atoms with Crippen LogP contribution in [-0.2, 0) is 22.6 Å². The summed E-state index contributed by atoms with van der Waals surface area (Å²) in [6, 6.07) is 19.3. The van der Waals surface area contributed by atoms with Crippen molar-refractivity contribution in [2.45, 2.75) is 63.2 Å². The van der Waals surface area contributed by atoms with Crippen molar-refractivity contribution in [3.8, 4) is 11.4 Å². The molecule has 0 saturated carbocycles. The molecular weight excluding hydrogens is 551 g/mol. The van der Waals surface area contributed by atoms with Crippen LogP contribution in [0.3, 0.4) is 0 Å². The van der Waals surface area contributed by atoms with Gasteiger partial charge in [-0.05, 0) is 85.3 Å². The van der Waals surface area contributed by atoms with Gasteiger partial charge < -0.3 is 9.84 Å². The number of halogens is 2. The summed E-state index contributed by atoms with van der Waals surface area (Å²) < 4.78 is 7.87. The Kier molecular flexibility index (Phi) is 9.00. The number of rotatable bonds is 10. The second kappa shape index (κ2) is 12.1. The van der Waals surface area contributed by atoms with Gasteiger partial charge in [-0.2, -0.15) is 5.10 Å². The number of aromatic nitrogens is 2. The SMILES string of the molecule is Cc1cc(OCc2c(C(C)C)cnn2-c2c(Cl)cccc2Cl)ccc1C(C)(C)Sc1ccc(CC(=O)O)cc1. The normalized spacial score (nSPS) is 11.7. The van der Waals surface area contributed by atoms with Crippen molar-refractivity contribution in [1.82, 2.24) is 9.78 Å². The molecule has 0 radical (unpaired) electrons. The van der Waals surface area contributed by atoms with Crippen LogP contribution in [0.25, 0.3) is 5.69 Å². The summed E-state index contributed by atoms with van der Waals surface area (Å²) in [7, 11) is 0. The number of benzene rings is 3. The molecule has 0 aliphatic rings. The minimum atomic E-state index is -0.828. The van der Waals surface area contributed by atoms with Crippen LogP contribution >= 0.6 is 35.0 Å². The van der Waals surface area contributed by atoms with E-state index in [9.17, 15) is 4.79 Å². The van der Waals surface area contributed by atoms with Crippen molar-refractivity contribution in [3.63, 3.8) is 0 Å². The first-order valence-electron chi connectivity index (χ1n) is 12.7. The van der Waals surface area contributed by atoms with E-state index in [1.54, 1.807) is 28.6 Å². The summed E-state index contributed by atoms with van der Waals surface area (Å²) in [5.74, 6) is 0.188. The molecule has 4 aromatic rings. The third-order valence-electron chi connectivity index (χ3n) is 6.55. The van der Waals surface area contributed by atoms with Gasteiger partial charge >= 0.3 is 5.97 Å². The quantitative estimate of drug-likeness (QED) is 0.189. The molecule has 0 aliphatic heterocycles. The van der Waals surface area contributed by atoms with Gasteiger partial charge in [0.15, 0.2) is 0 Å². The highest BCUT2D eigenvalue weighted by molar-refractivity contribution is 8.00. The molecule has 204 valence electrons. The lowest BCUT2D eigenvalue weighted by Crippen LogP contribution is -2.14. The molecule has 0 amide bonds. The molecule has 4 rings (SSSR count). The van der Waals surface area contributed by atoms with E-state index < -0.39 is 5.97 Å². The third-order valence-corrected chi connectivity index (χ3v) is 8.39. The molecular formula is C31H32Cl2N2O3S. The van der Waals surface area contributed by atoms with E-state index >= 15 is 0 Å². The zero-order valence-electron chi connectivity index (χ0n) is 22.7. The van der Waals surface area contributed by atoms with E-state index in [0.29, 0.717) is 22.3 Å². The van der Waals surface area contributed by atoms with Crippen molar-refractivity contribution in [2.24, 2.45) is 0 Å². The Morgan fingerprint density at radius 1 is 1.08 bits per heavy atom. The molecule has 0 saturated heterocycles. The van der Waals surface area contributed by atoms with E-state index in [2.05, 4.69) is 51.9 Å². The zero-order valence-corrected chi connectivity index (χ0v) is 25.0. The van der Waals surface area contributed by atoms with Crippen LogP contribution in [-0.4, -0.2) is 20.9 Å². The van der Waals surface area contributed by atoms with Crippen LogP contribution < -0.4 is 4.74 Å². The van der Waals surface area contributed by atoms with Gasteiger partial charge in [0.2, 0.25) is 0 Å². The molecule has 39 heavy (non-hydrogen) atoms. The topological polar surface area (TPSA) is 64.4 Å². The molecule has 3 aromatic carbocycles. The summed E-state index contributed by atoms with van der Waals surface area (Å²) >= 11 is 14.7. The lowest BCUT2D eigenvalue weighted by molar-refractivity contribution is -0.136. The van der Waals surface area contributed by atoms with Gasteiger partial charge in [-0.1, -0.05) is 61.3 Å². The molecule has 0 fully saturated rings. The van der Waals surface area contributed by atoms with Gasteiger partial charge in [-0.25, -0.2) is 4.68 Å². The molecule has 5 nitrogen and oxygen atoms in total. The molecule has 8 heteroatoms. The second-order valence-corrected chi connectivity index (χ2v) is 12.8. The molecule has 0 aliphatic carbocycles. The number of carbonyl (C=O) groups is 1. The Bertz CT molecular complexity index is 1460. The Morgan fingerprint density at radius 2 is 1.74 bits per heavy atom. The van der Waals surface area contributed by atoms with Crippen molar-refractivity contribution >= 4 is 40.9 Å². The predicted molar refractivity (Wildman–Crippen MR) is 160 cm³/mol. The molecule has 0 atom stereocenters. The lowest BCUT2D eigenvalue weighted by atomic mass is 9.97. The van der Waals surface area contributed by atoms with Crippen LogP contribution in [0.4, 0.5) is 0 Å². The number of hydrogen-bond acceptors (Lipinski definition) is 4. The summed E-state index contributed by atoms with van der Waals surface area (Å²) in [4.78, 5) is 12.1. The molecule has 1 N–H and O–H groups in total. The Morgan fingerprint density at radius 3 is 2.33 bits per heavy atom. The van der Waals surface area contributed by atoms with Crippen LogP contribution in [0.5, 0.6) is 5.75 Å². The van der Waals surface area contributed by atoms with Gasteiger partial charge in [-0.3, -0.25) is 4.79 Å². The first-order valence-corrected chi connectivity index (χ1v) is 14.3. The van der Waals surface area contributed by atoms with E-state index in [0.717, 1.165) is 33.0 Å². The molecule has 1 aromatic heterocycles. The van der Waals surface area contributed by atoms with Gasteiger partial charge in [0.1, 0.15) is 18.0 Å². The third kappa shape index (κ3) is 6.81. The van der Waals surface area contributed by atoms with E-state index in [1.165, 1.54) is 5.56 Å². The predicted octanol–water partition coefficient (Wildman–Crippen LogP) is 8.84. The van der Waals surface area contributed by atoms with Crippen LogP contribution in [0.2, 0.25) is 10.0 Å². The number of aryl methyl sites for hydroxylation is 1. The number of para-hydroxylation sites is 1. The molecule has 0 unspecified atom stereocenters. The van der Waals surface area contributed by atoms with Gasteiger partial charge in [0.25, 0.3) is 0 Å². The van der Waals surface area contributed by atoms with Crippen molar-refractivity contribution in [3.05, 3.63) is 105 Å². The summed E-state index contributed by atoms with van der Waals surface area (Å²) in [6.07, 6.45) is 1.88. The minimum absolute atomic E-state index is 0.0276. The number of carboxylic acid groups (broad SMARTS) is 1. The largest absolute Gasteiger partial charge is 0.487 e. The maximum atomic E-state index is 11.0. The first kappa shape index (κ1) is 29.1. The van der Waals surface area contributed by atoms with Crippen molar-refractivity contribution in [2.75, 3.05) is 0 Å². The van der Waals surface area contributed by atoms with Crippen LogP contribution in [0.1, 0.15) is 61.6 Å². The fourth-order valence-corrected chi connectivity index (χ4v) is 6.41. The molecule has 0 bridgehead atoms. The van der Waals surface area contributed by atoms with Gasteiger partial charge in [0.05, 0.1) is 28.4 Å². The standard InChI is InChI=1S/C31H32Cl2N2O3S/c1-19(2)24-17-34-35(30-26(32)7-6-8-27(30)33)28(24)18-38-22-11-14-25(20(3)15-22)31(4,5)39-23-12-9-21(10-13-23)16-29(36)37/h6-15,17,19H,16,18H2,1-5H3,(H,36,37). The Labute approximate surface area is 244 Å². The highest BCUT2D eigenvalue weighted by Gasteiger charge is 2.25. The maximum Gasteiger partial charge on any atom is 0.307 e. The number of aliphatic carboxylic acids is 1. The van der Waals surface area contributed by atoms with Crippen LogP contribution in [0, 0.1) is 6.92 Å². The highest BCUT2D eigenvalue weighted by atomic mass is 35.5. The lowest BCUT2D eigenvalue weighted by Gasteiger charge is -2.27. The highest BCUT2D eigenvalue weighted by Crippen LogP contribution is 2.43. The second-order valence-electron chi connectivity index (χ2n) is 10.3. The van der Waals surface area contributed by atoms with Crippen molar-refractivity contribution in [1.29, 1.82) is 0 Å². The summed E-state index contributed by atoms with van der Waals surface area (Å²) in [6.45, 7) is 11.0. The first-order chi connectivity index (χ1) is 18.5. The zero-order chi connectivity index (χ0) is 28.3. The smallest absolute Gasteiger partial charge is 0.307 e. The summed E-state index contributed by atoms with van der Waals surface area (Å²) in [5, 5.41) is 14.7. The van der Waals surface area contributed by atoms with Crippen molar-refractivity contribution < 1.29 is 14.6 Å². The Hall–Kier alpha value is -2.93. The monoisotopic (exact) mass is 582 g/mol. The minimum Gasteiger partial charge on any atom is -0.487 e. The molecule has 0 spiro atoms. The number of ether oxygens (including phenoxy) is 1. The Balaban J connectivity index is 1.53. The van der Waals surface area contributed by atoms with E-state index in [1.807, 2.05) is 42.6 Å². The van der Waals surface area contributed by atoms with E-state index in [4.69, 9.17) is 33.0 Å². The average Bonchev–Trinajstić information content (AvgIpc) is 3.27. The maximum absolute atomic E-state index is 11.0. The van der Waals surface area contributed by atoms with Crippen LogP contribution in [0.15, 0.2) is 71.8 Å². The van der Waals surface area contributed by atoms with E-state index in [-0.39, 0.29) is 17.1 Å². The fraction of sp³-hybridized carbons (Fsp3) is 0.290. The van der Waals surface area contributed by atoms with Gasteiger partial charge in [0, 0.05) is 9.64 Å². The number of carboxylic acids is 1.